The number of oxazole rings is 1. The molecule has 0 saturated heterocycles. The van der Waals surface area contributed by atoms with E-state index in [2.05, 4.69) is 29.6 Å². The third kappa shape index (κ3) is 6.61. The van der Waals surface area contributed by atoms with E-state index >= 15 is 0 Å². The fraction of sp³-hybridized carbons (Fsp3) is 0.267. The molecule has 0 fully saturated rings. The fourth-order valence-corrected chi connectivity index (χ4v) is 4.15. The van der Waals surface area contributed by atoms with Gasteiger partial charge >= 0.3 is 5.97 Å². The smallest absolute Gasteiger partial charge is 0.303 e. The molecule has 0 unspecified atom stereocenters. The molecular formula is C30H32N2O4. The second-order valence-corrected chi connectivity index (χ2v) is 8.74. The zero-order valence-electron chi connectivity index (χ0n) is 20.8. The van der Waals surface area contributed by atoms with Crippen LogP contribution in [0.1, 0.15) is 29.0 Å². The maximum atomic E-state index is 11.0. The Morgan fingerprint density at radius 2 is 1.64 bits per heavy atom. The Kier molecular flexibility index (Phi) is 8.53. The molecule has 2 N–H and O–H groups in total. The number of rotatable bonds is 12. The number of hydrogen-bond acceptors (Lipinski definition) is 5. The van der Waals surface area contributed by atoms with Gasteiger partial charge in [0.05, 0.1) is 12.3 Å². The van der Waals surface area contributed by atoms with Crippen LogP contribution < -0.4 is 10.1 Å². The lowest BCUT2D eigenvalue weighted by molar-refractivity contribution is -0.136. The summed E-state index contributed by atoms with van der Waals surface area (Å²) >= 11 is 0. The molecule has 0 bridgehead atoms. The molecule has 4 aromatic rings. The van der Waals surface area contributed by atoms with E-state index in [9.17, 15) is 4.79 Å². The van der Waals surface area contributed by atoms with E-state index in [0.717, 1.165) is 52.4 Å². The summed E-state index contributed by atoms with van der Waals surface area (Å²) < 4.78 is 12.0. The maximum Gasteiger partial charge on any atom is 0.303 e. The number of carboxylic acids is 1. The minimum atomic E-state index is -0.788. The van der Waals surface area contributed by atoms with Crippen molar-refractivity contribution < 1.29 is 19.1 Å². The molecular weight excluding hydrogens is 452 g/mol. The summed E-state index contributed by atoms with van der Waals surface area (Å²) in [5, 5.41) is 12.2. The molecule has 0 radical (unpaired) electrons. The lowest BCUT2D eigenvalue weighted by atomic mass is 10.00. The number of aromatic nitrogens is 1. The second kappa shape index (κ2) is 12.2. The summed E-state index contributed by atoms with van der Waals surface area (Å²) in [5.41, 5.74) is 6.31. The van der Waals surface area contributed by atoms with Crippen LogP contribution >= 0.6 is 0 Å². The van der Waals surface area contributed by atoms with E-state index in [4.69, 9.17) is 19.2 Å². The molecule has 6 nitrogen and oxygen atoms in total. The monoisotopic (exact) mass is 484 g/mol. The summed E-state index contributed by atoms with van der Waals surface area (Å²) in [6.45, 7) is 3.22. The van der Waals surface area contributed by atoms with E-state index in [1.54, 1.807) is 0 Å². The summed E-state index contributed by atoms with van der Waals surface area (Å²) in [6.07, 6.45) is 2.08. The van der Waals surface area contributed by atoms with Crippen LogP contribution in [0.15, 0.2) is 77.2 Å². The standard InChI is InChI=1S/C30H32N2O4/c1-21-28(32-30(36-21)25-10-8-23(9-11-25)22-6-4-3-5-7-22)17-19-35-27-14-12-24(13-15-29(33)34)26(20-27)16-18-31-2/h3-12,14,20,31H,13,15-19H2,1-2H3,(H,33,34). The summed E-state index contributed by atoms with van der Waals surface area (Å²) in [7, 11) is 1.91. The van der Waals surface area contributed by atoms with Crippen molar-refractivity contribution in [2.24, 2.45) is 0 Å². The second-order valence-electron chi connectivity index (χ2n) is 8.74. The van der Waals surface area contributed by atoms with Gasteiger partial charge in [0.2, 0.25) is 5.89 Å². The van der Waals surface area contributed by atoms with E-state index in [0.29, 0.717) is 25.3 Å². The first kappa shape index (κ1) is 25.2. The predicted octanol–water partition coefficient (Wildman–Crippen LogP) is 5.72. The van der Waals surface area contributed by atoms with Gasteiger partial charge in [-0.1, -0.05) is 48.5 Å². The molecule has 0 aliphatic heterocycles. The molecule has 1 aromatic heterocycles. The molecule has 0 aliphatic carbocycles. The normalized spacial score (nSPS) is 10.9. The number of ether oxygens (including phenoxy) is 1. The first-order valence-corrected chi connectivity index (χ1v) is 12.3. The van der Waals surface area contributed by atoms with Crippen LogP contribution in [-0.2, 0) is 24.1 Å². The summed E-state index contributed by atoms with van der Waals surface area (Å²) in [6, 6.07) is 24.4. The van der Waals surface area contributed by atoms with E-state index < -0.39 is 5.97 Å². The number of benzene rings is 3. The van der Waals surface area contributed by atoms with Gasteiger partial charge in [-0.15, -0.1) is 0 Å². The largest absolute Gasteiger partial charge is 0.493 e. The Balaban J connectivity index is 1.38. The molecule has 6 heteroatoms. The lowest BCUT2D eigenvalue weighted by Gasteiger charge is -2.12. The van der Waals surface area contributed by atoms with Gasteiger partial charge in [-0.25, -0.2) is 4.98 Å². The van der Waals surface area contributed by atoms with Crippen molar-refractivity contribution in [2.45, 2.75) is 32.6 Å². The van der Waals surface area contributed by atoms with E-state index in [-0.39, 0.29) is 6.42 Å². The highest BCUT2D eigenvalue weighted by Gasteiger charge is 2.13. The third-order valence-electron chi connectivity index (χ3n) is 6.17. The first-order chi connectivity index (χ1) is 17.5. The molecule has 0 saturated carbocycles. The van der Waals surface area contributed by atoms with Gasteiger partial charge in [0.15, 0.2) is 0 Å². The highest BCUT2D eigenvalue weighted by molar-refractivity contribution is 5.68. The summed E-state index contributed by atoms with van der Waals surface area (Å²) in [4.78, 5) is 15.7. The SMILES string of the molecule is CNCCc1cc(OCCc2nc(-c3ccc(-c4ccccc4)cc3)oc2C)ccc1CCC(=O)O. The van der Waals surface area contributed by atoms with Crippen molar-refractivity contribution >= 4 is 5.97 Å². The van der Waals surface area contributed by atoms with Gasteiger partial charge in [-0.2, -0.15) is 0 Å². The van der Waals surface area contributed by atoms with Gasteiger partial charge in [-0.3, -0.25) is 4.79 Å². The van der Waals surface area contributed by atoms with Crippen molar-refractivity contribution in [3.63, 3.8) is 0 Å². The summed E-state index contributed by atoms with van der Waals surface area (Å²) in [5.74, 6) is 1.39. The Bertz CT molecular complexity index is 1280. The first-order valence-electron chi connectivity index (χ1n) is 12.3. The number of hydrogen-bond donors (Lipinski definition) is 2. The number of carboxylic acid groups (broad SMARTS) is 1. The Labute approximate surface area is 212 Å². The average Bonchev–Trinajstić information content (AvgIpc) is 3.27. The van der Waals surface area contributed by atoms with E-state index in [1.165, 1.54) is 5.56 Å². The van der Waals surface area contributed by atoms with Gasteiger partial charge in [0.1, 0.15) is 11.5 Å². The molecule has 1 heterocycles. The topological polar surface area (TPSA) is 84.6 Å². The van der Waals surface area contributed by atoms with Crippen molar-refractivity contribution in [3.8, 4) is 28.3 Å². The van der Waals surface area contributed by atoms with Crippen LogP contribution in [0.5, 0.6) is 5.75 Å². The molecule has 186 valence electrons. The number of nitrogens with one attached hydrogen (secondary N) is 1. The van der Waals surface area contributed by atoms with Crippen LogP contribution in [-0.4, -0.2) is 36.3 Å². The van der Waals surface area contributed by atoms with Gasteiger partial charge < -0.3 is 19.6 Å². The minimum Gasteiger partial charge on any atom is -0.493 e. The zero-order chi connectivity index (χ0) is 25.3. The molecule has 0 spiro atoms. The highest BCUT2D eigenvalue weighted by Crippen LogP contribution is 2.26. The van der Waals surface area contributed by atoms with Crippen LogP contribution in [0.2, 0.25) is 0 Å². The van der Waals surface area contributed by atoms with Gasteiger partial charge in [0.25, 0.3) is 0 Å². The Morgan fingerprint density at radius 3 is 2.36 bits per heavy atom. The number of aryl methyl sites for hydroxylation is 2. The van der Waals surface area contributed by atoms with Crippen LogP contribution in [0.4, 0.5) is 0 Å². The number of nitrogens with zero attached hydrogens (tertiary/aromatic N) is 1. The van der Waals surface area contributed by atoms with Gasteiger partial charge in [-0.05, 0) is 79.9 Å². The average molecular weight is 485 g/mol. The molecule has 4 rings (SSSR count). The quantitative estimate of drug-likeness (QED) is 0.268. The van der Waals surface area contributed by atoms with Crippen molar-refractivity contribution in [1.29, 1.82) is 0 Å². The predicted molar refractivity (Wildman–Crippen MR) is 141 cm³/mol. The molecule has 0 atom stereocenters. The van der Waals surface area contributed by atoms with Crippen molar-refractivity contribution in [2.75, 3.05) is 20.2 Å². The molecule has 0 aliphatic rings. The Hall–Kier alpha value is -3.90. The number of carbonyl (C=O) groups is 1. The van der Waals surface area contributed by atoms with Crippen LogP contribution in [0.25, 0.3) is 22.6 Å². The molecule has 36 heavy (non-hydrogen) atoms. The molecule has 0 amide bonds. The maximum absolute atomic E-state index is 11.0. The Morgan fingerprint density at radius 1 is 0.917 bits per heavy atom. The molecule has 3 aromatic carbocycles. The number of likely N-dealkylation sites (N-methyl/N-ethyl adjacent to an activating group) is 1. The van der Waals surface area contributed by atoms with Crippen molar-refractivity contribution in [1.82, 2.24) is 10.3 Å². The third-order valence-corrected chi connectivity index (χ3v) is 6.17. The number of aliphatic carboxylic acids is 1. The minimum absolute atomic E-state index is 0.121. The van der Waals surface area contributed by atoms with Crippen LogP contribution in [0.3, 0.4) is 0 Å². The van der Waals surface area contributed by atoms with Crippen LogP contribution in [0, 0.1) is 6.92 Å². The highest BCUT2D eigenvalue weighted by atomic mass is 16.5. The lowest BCUT2D eigenvalue weighted by Crippen LogP contribution is -2.12. The van der Waals surface area contributed by atoms with Gasteiger partial charge in [0, 0.05) is 18.4 Å². The fourth-order valence-electron chi connectivity index (χ4n) is 4.15. The van der Waals surface area contributed by atoms with Crippen molar-refractivity contribution in [3.05, 3.63) is 95.4 Å². The zero-order valence-corrected chi connectivity index (χ0v) is 20.8. The van der Waals surface area contributed by atoms with E-state index in [1.807, 2.05) is 62.5 Å².